The first-order valence-corrected chi connectivity index (χ1v) is 11.2. The van der Waals surface area contributed by atoms with Crippen LogP contribution in [-0.2, 0) is 12.8 Å². The van der Waals surface area contributed by atoms with Crippen molar-refractivity contribution in [2.24, 2.45) is 5.92 Å². The molecule has 0 amide bonds. The first-order chi connectivity index (χ1) is 15.2. The van der Waals surface area contributed by atoms with Crippen LogP contribution in [0.4, 0.5) is 8.78 Å². The number of fused-ring (bicyclic) bond motifs is 2. The van der Waals surface area contributed by atoms with Crippen LogP contribution in [-0.4, -0.2) is 47.2 Å². The van der Waals surface area contributed by atoms with E-state index in [0.717, 1.165) is 11.1 Å². The van der Waals surface area contributed by atoms with Gasteiger partial charge >= 0.3 is 0 Å². The fourth-order valence-electron chi connectivity index (χ4n) is 4.56. The topological polar surface area (TPSA) is 71.0 Å². The minimum Gasteiger partial charge on any atom is -0.490 e. The van der Waals surface area contributed by atoms with E-state index in [1.54, 1.807) is 19.1 Å². The van der Waals surface area contributed by atoms with Gasteiger partial charge in [0.05, 0.1) is 6.10 Å². The Balaban J connectivity index is 1.27. The van der Waals surface area contributed by atoms with Crippen LogP contribution in [0.25, 0.3) is 0 Å². The Bertz CT molecular complexity index is 952. The molecule has 0 radical (unpaired) electrons. The number of aryl methyl sites for hydroxylation is 2. The third kappa shape index (κ3) is 5.05. The molecule has 0 saturated heterocycles. The molecule has 0 bridgehead atoms. The minimum absolute atomic E-state index is 0.140. The van der Waals surface area contributed by atoms with Crippen molar-refractivity contribution in [3.05, 3.63) is 59.2 Å². The summed E-state index contributed by atoms with van der Waals surface area (Å²) in [6.45, 7) is 4.17. The van der Waals surface area contributed by atoms with Crippen molar-refractivity contribution >= 4 is 0 Å². The van der Waals surface area contributed by atoms with Gasteiger partial charge in [0.25, 0.3) is 0 Å². The molecule has 0 aromatic heterocycles. The Morgan fingerprint density at radius 2 is 1.62 bits per heavy atom. The van der Waals surface area contributed by atoms with E-state index in [2.05, 4.69) is 5.32 Å². The first kappa shape index (κ1) is 23.0. The molecule has 174 valence electrons. The maximum absolute atomic E-state index is 13.4. The van der Waals surface area contributed by atoms with Crippen LogP contribution in [0.5, 0.6) is 11.5 Å². The van der Waals surface area contributed by atoms with Crippen LogP contribution in [0.1, 0.15) is 37.8 Å². The lowest BCUT2D eigenvalue weighted by Crippen LogP contribution is -2.53. The Morgan fingerprint density at radius 3 is 2.28 bits per heavy atom. The van der Waals surface area contributed by atoms with Gasteiger partial charge in [-0.25, -0.2) is 8.78 Å². The molecule has 2 heterocycles. The summed E-state index contributed by atoms with van der Waals surface area (Å²) in [6, 6.07) is 8.95. The normalized spacial score (nSPS) is 23.7. The van der Waals surface area contributed by atoms with Crippen molar-refractivity contribution in [2.45, 2.75) is 63.4 Å². The third-order valence-corrected chi connectivity index (χ3v) is 6.69. The molecular weight excluding hydrogens is 416 g/mol. The predicted octanol–water partition coefficient (Wildman–Crippen LogP) is 3.39. The van der Waals surface area contributed by atoms with Crippen LogP contribution < -0.4 is 14.8 Å². The SMILES string of the molecule is CC([C@@H](O)CNCC(C)(O)[C@@H]1CCc2cc(F)ccc2O1)[C@H]1CCc2cc(F)ccc2O1. The van der Waals surface area contributed by atoms with Gasteiger partial charge in [-0.3, -0.25) is 0 Å². The highest BCUT2D eigenvalue weighted by atomic mass is 19.1. The van der Waals surface area contributed by atoms with E-state index in [1.807, 2.05) is 6.92 Å². The number of benzene rings is 2. The number of rotatable bonds is 7. The van der Waals surface area contributed by atoms with Gasteiger partial charge in [-0.2, -0.15) is 0 Å². The largest absolute Gasteiger partial charge is 0.490 e. The third-order valence-electron chi connectivity index (χ3n) is 6.69. The van der Waals surface area contributed by atoms with Crippen molar-refractivity contribution in [3.8, 4) is 11.5 Å². The number of ether oxygens (including phenoxy) is 2. The zero-order chi connectivity index (χ0) is 22.9. The summed E-state index contributed by atoms with van der Waals surface area (Å²) >= 11 is 0. The molecule has 5 nitrogen and oxygen atoms in total. The van der Waals surface area contributed by atoms with Crippen molar-refractivity contribution in [1.82, 2.24) is 5.32 Å². The molecule has 32 heavy (non-hydrogen) atoms. The summed E-state index contributed by atoms with van der Waals surface area (Å²) in [4.78, 5) is 0. The number of aliphatic hydroxyl groups excluding tert-OH is 1. The van der Waals surface area contributed by atoms with Crippen molar-refractivity contribution in [2.75, 3.05) is 13.1 Å². The zero-order valence-corrected chi connectivity index (χ0v) is 18.5. The second kappa shape index (κ2) is 9.33. The molecular formula is C25H31F2NO4. The number of aliphatic hydroxyl groups is 2. The molecule has 2 aliphatic rings. The average Bonchev–Trinajstić information content (AvgIpc) is 2.77. The Morgan fingerprint density at radius 1 is 1.03 bits per heavy atom. The van der Waals surface area contributed by atoms with Gasteiger partial charge in [0.1, 0.15) is 40.9 Å². The molecule has 0 fully saturated rings. The molecule has 0 aliphatic carbocycles. The molecule has 0 saturated carbocycles. The Hall–Kier alpha value is -2.22. The molecule has 2 aliphatic heterocycles. The number of hydrogen-bond donors (Lipinski definition) is 3. The monoisotopic (exact) mass is 447 g/mol. The van der Waals surface area contributed by atoms with E-state index in [4.69, 9.17) is 9.47 Å². The van der Waals surface area contributed by atoms with E-state index >= 15 is 0 Å². The Labute approximate surface area is 187 Å². The van der Waals surface area contributed by atoms with E-state index in [0.29, 0.717) is 43.7 Å². The molecule has 5 atom stereocenters. The highest BCUT2D eigenvalue weighted by Gasteiger charge is 2.37. The molecule has 7 heteroatoms. The Kier molecular flexibility index (Phi) is 6.70. The maximum Gasteiger partial charge on any atom is 0.129 e. The molecule has 2 aromatic carbocycles. The fourth-order valence-corrected chi connectivity index (χ4v) is 4.56. The molecule has 2 aromatic rings. The lowest BCUT2D eigenvalue weighted by atomic mass is 9.89. The van der Waals surface area contributed by atoms with Gasteiger partial charge in [-0.15, -0.1) is 0 Å². The molecule has 4 rings (SSSR count). The second-order valence-electron chi connectivity index (χ2n) is 9.26. The number of hydrogen-bond acceptors (Lipinski definition) is 5. The van der Waals surface area contributed by atoms with Crippen LogP contribution >= 0.6 is 0 Å². The highest BCUT2D eigenvalue weighted by molar-refractivity contribution is 5.37. The van der Waals surface area contributed by atoms with Crippen LogP contribution in [0.15, 0.2) is 36.4 Å². The van der Waals surface area contributed by atoms with Gasteiger partial charge < -0.3 is 25.0 Å². The predicted molar refractivity (Wildman–Crippen MR) is 117 cm³/mol. The van der Waals surface area contributed by atoms with Gasteiger partial charge in [0.15, 0.2) is 0 Å². The summed E-state index contributed by atoms with van der Waals surface area (Å²) in [5.74, 6) is 0.574. The lowest BCUT2D eigenvalue weighted by molar-refractivity contribution is -0.0571. The summed E-state index contributed by atoms with van der Waals surface area (Å²) in [5.41, 5.74) is 0.513. The van der Waals surface area contributed by atoms with E-state index < -0.39 is 17.8 Å². The second-order valence-corrected chi connectivity index (χ2v) is 9.26. The van der Waals surface area contributed by atoms with E-state index in [-0.39, 0.29) is 30.2 Å². The van der Waals surface area contributed by atoms with Crippen molar-refractivity contribution in [1.29, 1.82) is 0 Å². The summed E-state index contributed by atoms with van der Waals surface area (Å²) in [6.07, 6.45) is 1.38. The van der Waals surface area contributed by atoms with Crippen LogP contribution in [0.3, 0.4) is 0 Å². The maximum atomic E-state index is 13.4. The van der Waals surface area contributed by atoms with Crippen molar-refractivity contribution in [3.63, 3.8) is 0 Å². The summed E-state index contributed by atoms with van der Waals surface area (Å²) in [5, 5.41) is 24.8. The molecule has 3 N–H and O–H groups in total. The van der Waals surface area contributed by atoms with Gasteiger partial charge in [-0.05, 0) is 80.1 Å². The highest BCUT2D eigenvalue weighted by Crippen LogP contribution is 2.33. The van der Waals surface area contributed by atoms with Gasteiger partial charge in [0, 0.05) is 19.0 Å². The summed E-state index contributed by atoms with van der Waals surface area (Å²) < 4.78 is 38.7. The van der Waals surface area contributed by atoms with E-state index in [9.17, 15) is 19.0 Å². The average molecular weight is 448 g/mol. The van der Waals surface area contributed by atoms with E-state index in [1.165, 1.54) is 24.3 Å². The van der Waals surface area contributed by atoms with Crippen LogP contribution in [0.2, 0.25) is 0 Å². The standard InChI is InChI=1S/C25H31F2NO4/c1-15(21-7-3-16-11-18(26)5-8-22(16)31-21)20(29)13-28-14-25(2,30)24-10-4-17-12-19(27)6-9-23(17)32-24/h5-6,8-9,11-12,15,20-21,24,28-30H,3-4,7,10,13-14H2,1-2H3/t15?,20-,21+,24-,25?/m0/s1. The summed E-state index contributed by atoms with van der Waals surface area (Å²) in [7, 11) is 0. The fraction of sp³-hybridized carbons (Fsp3) is 0.520. The quantitative estimate of drug-likeness (QED) is 0.607. The van der Waals surface area contributed by atoms with Crippen LogP contribution in [0, 0.1) is 17.6 Å². The number of halogens is 2. The minimum atomic E-state index is -1.15. The van der Waals surface area contributed by atoms with Gasteiger partial charge in [-0.1, -0.05) is 6.92 Å². The molecule has 0 spiro atoms. The lowest BCUT2D eigenvalue weighted by Gasteiger charge is -2.37. The first-order valence-electron chi connectivity index (χ1n) is 11.2. The smallest absolute Gasteiger partial charge is 0.129 e. The van der Waals surface area contributed by atoms with Crippen molar-refractivity contribution < 1.29 is 28.5 Å². The van der Waals surface area contributed by atoms with Gasteiger partial charge in [0.2, 0.25) is 0 Å². The number of nitrogens with one attached hydrogen (secondary N) is 1. The zero-order valence-electron chi connectivity index (χ0n) is 18.5. The molecule has 2 unspecified atom stereocenters.